The lowest BCUT2D eigenvalue weighted by molar-refractivity contribution is 0.0548. The lowest BCUT2D eigenvalue weighted by Gasteiger charge is -2.41. The molecule has 1 amide bonds. The quantitative estimate of drug-likeness (QED) is 0.653. The van der Waals surface area contributed by atoms with E-state index in [2.05, 4.69) is 56.7 Å². The van der Waals surface area contributed by atoms with Crippen molar-refractivity contribution in [1.82, 2.24) is 9.80 Å². The highest BCUT2D eigenvalue weighted by Crippen LogP contribution is 2.25. The molecule has 1 saturated heterocycles. The summed E-state index contributed by atoms with van der Waals surface area (Å²) in [5.41, 5.74) is 3.78. The van der Waals surface area contributed by atoms with Gasteiger partial charge in [0.25, 0.3) is 5.91 Å². The van der Waals surface area contributed by atoms with E-state index < -0.39 is 0 Å². The molecule has 0 aliphatic carbocycles. The highest BCUT2D eigenvalue weighted by molar-refractivity contribution is 14.1. The second-order valence-electron chi connectivity index (χ2n) is 7.02. The molecular formula is C21H23IN2O. The number of carbonyl (C=O) groups excluding carboxylic acids is 1. The van der Waals surface area contributed by atoms with Gasteiger partial charge in [0.2, 0.25) is 0 Å². The summed E-state index contributed by atoms with van der Waals surface area (Å²) in [6, 6.07) is 17.2. The number of benzene rings is 2. The number of halogens is 1. The first-order valence-electron chi connectivity index (χ1n) is 9.07. The lowest BCUT2D eigenvalue weighted by Crippen LogP contribution is -2.51. The fourth-order valence-electron chi connectivity index (χ4n) is 4.07. The molecule has 130 valence electrons. The third-order valence-electron chi connectivity index (χ3n) is 5.46. The number of amides is 1. The van der Waals surface area contributed by atoms with Crippen LogP contribution in [0.4, 0.5) is 0 Å². The SMILES string of the molecule is O=C(c1ccccc1I)N1CCC[C@@H](N2CCc3ccccc3C2)C1. The summed E-state index contributed by atoms with van der Waals surface area (Å²) >= 11 is 2.26. The highest BCUT2D eigenvalue weighted by Gasteiger charge is 2.30. The van der Waals surface area contributed by atoms with Gasteiger partial charge >= 0.3 is 0 Å². The Labute approximate surface area is 163 Å². The van der Waals surface area contributed by atoms with Crippen molar-refractivity contribution in [3.05, 3.63) is 68.8 Å². The molecule has 2 aliphatic heterocycles. The van der Waals surface area contributed by atoms with Crippen LogP contribution in [0.25, 0.3) is 0 Å². The fourth-order valence-corrected chi connectivity index (χ4v) is 4.69. The Morgan fingerprint density at radius 2 is 1.76 bits per heavy atom. The summed E-state index contributed by atoms with van der Waals surface area (Å²) in [5, 5.41) is 0. The summed E-state index contributed by atoms with van der Waals surface area (Å²) in [5.74, 6) is 0.187. The van der Waals surface area contributed by atoms with E-state index in [0.717, 1.165) is 48.2 Å². The Balaban J connectivity index is 1.47. The van der Waals surface area contributed by atoms with Crippen molar-refractivity contribution in [1.29, 1.82) is 0 Å². The molecule has 4 heteroatoms. The normalized spacial score (nSPS) is 21.0. The van der Waals surface area contributed by atoms with Crippen LogP contribution in [0.2, 0.25) is 0 Å². The molecule has 0 saturated carbocycles. The van der Waals surface area contributed by atoms with Gasteiger partial charge in [0.15, 0.2) is 0 Å². The van der Waals surface area contributed by atoms with E-state index in [1.165, 1.54) is 17.5 Å². The van der Waals surface area contributed by atoms with Crippen LogP contribution in [0.3, 0.4) is 0 Å². The molecule has 2 heterocycles. The maximum absolute atomic E-state index is 12.9. The van der Waals surface area contributed by atoms with Crippen LogP contribution in [0.15, 0.2) is 48.5 Å². The molecule has 2 aliphatic rings. The van der Waals surface area contributed by atoms with E-state index in [4.69, 9.17) is 0 Å². The first-order valence-corrected chi connectivity index (χ1v) is 10.1. The van der Waals surface area contributed by atoms with Crippen molar-refractivity contribution in [2.24, 2.45) is 0 Å². The van der Waals surface area contributed by atoms with Crippen molar-refractivity contribution in [3.63, 3.8) is 0 Å². The van der Waals surface area contributed by atoms with Gasteiger partial charge in [-0.25, -0.2) is 0 Å². The third kappa shape index (κ3) is 3.60. The molecule has 0 spiro atoms. The van der Waals surface area contributed by atoms with Gasteiger partial charge in [0.05, 0.1) is 5.56 Å². The number of hydrogen-bond acceptors (Lipinski definition) is 2. The van der Waals surface area contributed by atoms with Crippen LogP contribution in [-0.4, -0.2) is 41.4 Å². The first-order chi connectivity index (χ1) is 12.2. The fraction of sp³-hybridized carbons (Fsp3) is 0.381. The molecule has 0 bridgehead atoms. The van der Waals surface area contributed by atoms with Crippen molar-refractivity contribution >= 4 is 28.5 Å². The second-order valence-corrected chi connectivity index (χ2v) is 8.18. The van der Waals surface area contributed by atoms with Crippen LogP contribution < -0.4 is 0 Å². The molecule has 4 rings (SSSR count). The molecule has 1 atom stereocenters. The highest BCUT2D eigenvalue weighted by atomic mass is 127. The smallest absolute Gasteiger partial charge is 0.254 e. The van der Waals surface area contributed by atoms with E-state index in [0.29, 0.717) is 6.04 Å². The average Bonchev–Trinajstić information content (AvgIpc) is 2.67. The molecule has 0 N–H and O–H groups in total. The number of nitrogens with zero attached hydrogens (tertiary/aromatic N) is 2. The zero-order valence-corrected chi connectivity index (χ0v) is 16.5. The maximum Gasteiger partial charge on any atom is 0.254 e. The zero-order chi connectivity index (χ0) is 17.2. The monoisotopic (exact) mass is 446 g/mol. The predicted octanol–water partition coefficient (Wildman–Crippen LogP) is 3.95. The molecule has 0 aromatic heterocycles. The maximum atomic E-state index is 12.9. The molecular weight excluding hydrogens is 423 g/mol. The van der Waals surface area contributed by atoms with Crippen molar-refractivity contribution in [2.45, 2.75) is 31.8 Å². The van der Waals surface area contributed by atoms with Gasteiger partial charge in [-0.1, -0.05) is 36.4 Å². The molecule has 0 radical (unpaired) electrons. The Morgan fingerprint density at radius 1 is 1.00 bits per heavy atom. The standard InChI is InChI=1S/C21H23IN2O/c22-20-10-4-3-9-19(20)21(25)24-12-5-8-18(15-24)23-13-11-16-6-1-2-7-17(16)14-23/h1-4,6-7,9-10,18H,5,8,11-15H2/t18-/m1/s1. The first kappa shape index (κ1) is 17.0. The third-order valence-corrected chi connectivity index (χ3v) is 6.41. The number of fused-ring (bicyclic) bond motifs is 1. The number of piperidine rings is 1. The minimum absolute atomic E-state index is 0.187. The Kier molecular flexibility index (Phi) is 5.08. The van der Waals surface area contributed by atoms with E-state index >= 15 is 0 Å². The van der Waals surface area contributed by atoms with E-state index in [1.807, 2.05) is 24.3 Å². The molecule has 2 aromatic rings. The number of hydrogen-bond donors (Lipinski definition) is 0. The van der Waals surface area contributed by atoms with Gasteiger partial charge in [-0.05, 0) is 65.1 Å². The Bertz CT molecular complexity index is 776. The van der Waals surface area contributed by atoms with Crippen LogP contribution in [0.5, 0.6) is 0 Å². The van der Waals surface area contributed by atoms with Crippen molar-refractivity contribution in [2.75, 3.05) is 19.6 Å². The van der Waals surface area contributed by atoms with Crippen LogP contribution in [-0.2, 0) is 13.0 Å². The van der Waals surface area contributed by atoms with E-state index in [-0.39, 0.29) is 5.91 Å². The summed E-state index contributed by atoms with van der Waals surface area (Å²) in [7, 11) is 0. The van der Waals surface area contributed by atoms with Gasteiger partial charge in [0, 0.05) is 35.8 Å². The van der Waals surface area contributed by atoms with Crippen molar-refractivity contribution in [3.8, 4) is 0 Å². The summed E-state index contributed by atoms with van der Waals surface area (Å²) in [6.07, 6.45) is 3.41. The zero-order valence-electron chi connectivity index (χ0n) is 14.3. The topological polar surface area (TPSA) is 23.6 Å². The number of carbonyl (C=O) groups is 1. The molecule has 2 aromatic carbocycles. The number of likely N-dealkylation sites (tertiary alicyclic amines) is 1. The number of rotatable bonds is 2. The molecule has 3 nitrogen and oxygen atoms in total. The largest absolute Gasteiger partial charge is 0.337 e. The second kappa shape index (κ2) is 7.46. The van der Waals surface area contributed by atoms with E-state index in [1.54, 1.807) is 0 Å². The van der Waals surface area contributed by atoms with E-state index in [9.17, 15) is 4.79 Å². The molecule has 1 fully saturated rings. The van der Waals surface area contributed by atoms with Gasteiger partial charge in [-0.2, -0.15) is 0 Å². The Morgan fingerprint density at radius 3 is 2.60 bits per heavy atom. The minimum atomic E-state index is 0.187. The lowest BCUT2D eigenvalue weighted by atomic mass is 9.96. The van der Waals surface area contributed by atoms with Crippen LogP contribution in [0.1, 0.15) is 34.3 Å². The average molecular weight is 446 g/mol. The molecule has 0 unspecified atom stereocenters. The Hall–Kier alpha value is -1.40. The summed E-state index contributed by atoms with van der Waals surface area (Å²) in [4.78, 5) is 17.6. The van der Waals surface area contributed by atoms with Crippen LogP contribution >= 0.6 is 22.6 Å². The van der Waals surface area contributed by atoms with Gasteiger partial charge in [-0.15, -0.1) is 0 Å². The summed E-state index contributed by atoms with van der Waals surface area (Å²) < 4.78 is 1.04. The van der Waals surface area contributed by atoms with Gasteiger partial charge < -0.3 is 4.90 Å². The minimum Gasteiger partial charge on any atom is -0.337 e. The van der Waals surface area contributed by atoms with Gasteiger partial charge in [-0.3, -0.25) is 9.69 Å². The summed E-state index contributed by atoms with van der Waals surface area (Å²) in [6.45, 7) is 3.86. The predicted molar refractivity (Wildman–Crippen MR) is 109 cm³/mol. The van der Waals surface area contributed by atoms with Gasteiger partial charge in [0.1, 0.15) is 0 Å². The van der Waals surface area contributed by atoms with Crippen molar-refractivity contribution < 1.29 is 4.79 Å². The van der Waals surface area contributed by atoms with Crippen LogP contribution in [0, 0.1) is 3.57 Å². The molecule has 25 heavy (non-hydrogen) atoms.